The van der Waals surface area contributed by atoms with E-state index in [-0.39, 0.29) is 0 Å². The van der Waals surface area contributed by atoms with E-state index in [1.165, 1.54) is 10.4 Å². The van der Waals surface area contributed by atoms with Crippen LogP contribution in [0.15, 0.2) is 48.7 Å². The predicted molar refractivity (Wildman–Crippen MR) is 88.3 cm³/mol. The molecule has 0 amide bonds. The number of hydrogen-bond acceptors (Lipinski definition) is 4. The minimum absolute atomic E-state index is 0.620. The van der Waals surface area contributed by atoms with E-state index in [0.29, 0.717) is 6.54 Å². The number of rotatable bonds is 4. The Labute approximate surface area is 128 Å². The van der Waals surface area contributed by atoms with Crippen LogP contribution < -0.4 is 5.73 Å². The Bertz CT molecular complexity index is 735. The van der Waals surface area contributed by atoms with Crippen LogP contribution in [0.3, 0.4) is 0 Å². The molecular weight excluding hydrogens is 278 g/mol. The third kappa shape index (κ3) is 3.01. The first-order valence-corrected chi connectivity index (χ1v) is 7.78. The lowest BCUT2D eigenvalue weighted by molar-refractivity contribution is 0.984. The standard InChI is InChI=1S/C17H17N3S/c1-12-5-4-6-13(11-12)17-20-16(15(21-17)8-9-18)14-7-2-3-10-19-14/h2-7,10-11H,8-9,18H2,1H3. The Kier molecular flexibility index (Phi) is 4.08. The Hall–Kier alpha value is -2.04. The molecule has 2 aromatic heterocycles. The fourth-order valence-electron chi connectivity index (χ4n) is 2.26. The molecule has 2 N–H and O–H groups in total. The molecule has 0 unspecified atom stereocenters. The number of benzene rings is 1. The quantitative estimate of drug-likeness (QED) is 0.798. The monoisotopic (exact) mass is 295 g/mol. The van der Waals surface area contributed by atoms with Crippen molar-refractivity contribution in [2.24, 2.45) is 5.73 Å². The van der Waals surface area contributed by atoms with E-state index in [1.54, 1.807) is 17.5 Å². The van der Waals surface area contributed by atoms with Gasteiger partial charge >= 0.3 is 0 Å². The average molecular weight is 295 g/mol. The lowest BCUT2D eigenvalue weighted by atomic mass is 10.1. The largest absolute Gasteiger partial charge is 0.330 e. The van der Waals surface area contributed by atoms with Crippen molar-refractivity contribution < 1.29 is 0 Å². The van der Waals surface area contributed by atoms with Crippen molar-refractivity contribution in [3.63, 3.8) is 0 Å². The summed E-state index contributed by atoms with van der Waals surface area (Å²) in [5, 5.41) is 1.03. The molecule has 106 valence electrons. The van der Waals surface area contributed by atoms with Crippen molar-refractivity contribution in [2.45, 2.75) is 13.3 Å². The van der Waals surface area contributed by atoms with Crippen molar-refractivity contribution >= 4 is 11.3 Å². The van der Waals surface area contributed by atoms with Gasteiger partial charge in [-0.1, -0.05) is 29.8 Å². The van der Waals surface area contributed by atoms with Crippen LogP contribution in [0.2, 0.25) is 0 Å². The van der Waals surface area contributed by atoms with E-state index in [4.69, 9.17) is 10.7 Å². The second-order valence-corrected chi connectivity index (χ2v) is 6.00. The molecule has 0 saturated heterocycles. The molecule has 2 heterocycles. The first-order valence-electron chi connectivity index (χ1n) is 6.96. The van der Waals surface area contributed by atoms with Gasteiger partial charge in [0.25, 0.3) is 0 Å². The molecular formula is C17H17N3S. The third-order valence-electron chi connectivity index (χ3n) is 3.24. The predicted octanol–water partition coefficient (Wildman–Crippen LogP) is 3.68. The van der Waals surface area contributed by atoms with Crippen molar-refractivity contribution in [1.29, 1.82) is 0 Å². The highest BCUT2D eigenvalue weighted by Gasteiger charge is 2.14. The van der Waals surface area contributed by atoms with Gasteiger partial charge in [-0.05, 0) is 38.1 Å². The molecule has 0 fully saturated rings. The van der Waals surface area contributed by atoms with E-state index in [2.05, 4.69) is 36.2 Å². The van der Waals surface area contributed by atoms with Crippen molar-refractivity contribution in [1.82, 2.24) is 9.97 Å². The first-order chi connectivity index (χ1) is 10.3. The Balaban J connectivity index is 2.08. The average Bonchev–Trinajstić information content (AvgIpc) is 2.93. The van der Waals surface area contributed by atoms with Crippen molar-refractivity contribution in [3.05, 3.63) is 59.1 Å². The number of aromatic nitrogens is 2. The molecule has 3 aromatic rings. The van der Waals surface area contributed by atoms with Crippen LogP contribution >= 0.6 is 11.3 Å². The summed E-state index contributed by atoms with van der Waals surface area (Å²) in [7, 11) is 0. The van der Waals surface area contributed by atoms with Crippen LogP contribution in [-0.2, 0) is 6.42 Å². The third-order valence-corrected chi connectivity index (χ3v) is 4.41. The van der Waals surface area contributed by atoms with Gasteiger partial charge in [0, 0.05) is 16.6 Å². The maximum atomic E-state index is 5.74. The minimum atomic E-state index is 0.620. The Morgan fingerprint density at radius 2 is 2.05 bits per heavy atom. The molecule has 0 aliphatic rings. The van der Waals surface area contributed by atoms with Crippen molar-refractivity contribution in [3.8, 4) is 22.0 Å². The van der Waals surface area contributed by atoms with E-state index in [1.807, 2.05) is 18.2 Å². The van der Waals surface area contributed by atoms with E-state index >= 15 is 0 Å². The van der Waals surface area contributed by atoms with Crippen LogP contribution in [0.25, 0.3) is 22.0 Å². The molecule has 0 aliphatic carbocycles. The molecule has 1 aromatic carbocycles. The summed E-state index contributed by atoms with van der Waals surface area (Å²) in [5.41, 5.74) is 10.0. The zero-order chi connectivity index (χ0) is 14.7. The molecule has 0 spiro atoms. The molecule has 21 heavy (non-hydrogen) atoms. The highest BCUT2D eigenvalue weighted by molar-refractivity contribution is 7.15. The number of aryl methyl sites for hydroxylation is 1. The van der Waals surface area contributed by atoms with Gasteiger partial charge in [0.2, 0.25) is 0 Å². The van der Waals surface area contributed by atoms with Gasteiger partial charge in [-0.25, -0.2) is 4.98 Å². The number of thiazole rings is 1. The number of hydrogen-bond donors (Lipinski definition) is 1. The fourth-order valence-corrected chi connectivity index (χ4v) is 3.34. The van der Waals surface area contributed by atoms with E-state index in [0.717, 1.165) is 28.4 Å². The van der Waals surface area contributed by atoms with Gasteiger partial charge in [-0.15, -0.1) is 11.3 Å². The van der Waals surface area contributed by atoms with Gasteiger partial charge in [0.05, 0.1) is 5.69 Å². The summed E-state index contributed by atoms with van der Waals surface area (Å²) in [4.78, 5) is 10.4. The minimum Gasteiger partial charge on any atom is -0.330 e. The van der Waals surface area contributed by atoms with Gasteiger partial charge in [0.1, 0.15) is 10.7 Å². The second kappa shape index (κ2) is 6.16. The van der Waals surface area contributed by atoms with Gasteiger partial charge in [-0.3, -0.25) is 4.98 Å². The van der Waals surface area contributed by atoms with Gasteiger partial charge < -0.3 is 5.73 Å². The number of nitrogens with two attached hydrogens (primary N) is 1. The van der Waals surface area contributed by atoms with Crippen LogP contribution in [0.4, 0.5) is 0 Å². The molecule has 4 heteroatoms. The Morgan fingerprint density at radius 1 is 1.14 bits per heavy atom. The summed E-state index contributed by atoms with van der Waals surface area (Å²) in [5.74, 6) is 0. The lowest BCUT2D eigenvalue weighted by Crippen LogP contribution is -2.02. The highest BCUT2D eigenvalue weighted by atomic mass is 32.1. The smallest absolute Gasteiger partial charge is 0.124 e. The Morgan fingerprint density at radius 3 is 2.76 bits per heavy atom. The molecule has 0 radical (unpaired) electrons. The molecule has 0 saturated carbocycles. The maximum Gasteiger partial charge on any atom is 0.124 e. The molecule has 0 atom stereocenters. The fraction of sp³-hybridized carbons (Fsp3) is 0.176. The van der Waals surface area contributed by atoms with Crippen LogP contribution in [0.1, 0.15) is 10.4 Å². The SMILES string of the molecule is Cc1cccc(-c2nc(-c3ccccn3)c(CCN)s2)c1. The second-order valence-electron chi connectivity index (χ2n) is 4.91. The first kappa shape index (κ1) is 13.9. The summed E-state index contributed by atoms with van der Waals surface area (Å²) >= 11 is 1.71. The zero-order valence-electron chi connectivity index (χ0n) is 11.9. The van der Waals surface area contributed by atoms with Gasteiger partial charge in [0.15, 0.2) is 0 Å². The normalized spacial score (nSPS) is 10.8. The van der Waals surface area contributed by atoms with Gasteiger partial charge in [-0.2, -0.15) is 0 Å². The molecule has 3 nitrogen and oxygen atoms in total. The number of nitrogens with zero attached hydrogens (tertiary/aromatic N) is 2. The van der Waals surface area contributed by atoms with E-state index < -0.39 is 0 Å². The number of pyridine rings is 1. The summed E-state index contributed by atoms with van der Waals surface area (Å²) in [6, 6.07) is 14.3. The summed E-state index contributed by atoms with van der Waals surface area (Å²) in [6.07, 6.45) is 2.63. The lowest BCUT2D eigenvalue weighted by Gasteiger charge is -1.99. The zero-order valence-corrected chi connectivity index (χ0v) is 12.7. The van der Waals surface area contributed by atoms with Crippen LogP contribution in [-0.4, -0.2) is 16.5 Å². The molecule has 3 rings (SSSR count). The summed E-state index contributed by atoms with van der Waals surface area (Å²) in [6.45, 7) is 2.72. The highest BCUT2D eigenvalue weighted by Crippen LogP contribution is 2.33. The van der Waals surface area contributed by atoms with E-state index in [9.17, 15) is 0 Å². The maximum absolute atomic E-state index is 5.74. The topological polar surface area (TPSA) is 51.8 Å². The summed E-state index contributed by atoms with van der Waals surface area (Å²) < 4.78 is 0. The van der Waals surface area contributed by atoms with Crippen LogP contribution in [0, 0.1) is 6.92 Å². The molecule has 0 aliphatic heterocycles. The molecule has 0 bridgehead atoms. The van der Waals surface area contributed by atoms with Crippen molar-refractivity contribution in [2.75, 3.05) is 6.54 Å². The van der Waals surface area contributed by atoms with Crippen LogP contribution in [0.5, 0.6) is 0 Å².